The molecule has 0 bridgehead atoms. The molecule has 142 valence electrons. The van der Waals surface area contributed by atoms with Gasteiger partial charge in [0, 0.05) is 23.4 Å². The van der Waals surface area contributed by atoms with Gasteiger partial charge in [0.25, 0.3) is 11.8 Å². The van der Waals surface area contributed by atoms with Crippen LogP contribution < -0.4 is 15.8 Å². The average molecular weight is 406 g/mol. The molecule has 0 saturated carbocycles. The minimum absolute atomic E-state index is 0.0115. The SMILES string of the molecule is CCc1sc(C(=O)NNC(=O)c2ccc(Cl)c(N3CCCC3=O)c2)cc1C. The fourth-order valence-corrected chi connectivity index (χ4v) is 4.22. The summed E-state index contributed by atoms with van der Waals surface area (Å²) in [5, 5.41) is 0.409. The molecule has 0 radical (unpaired) electrons. The molecule has 2 aromatic rings. The molecule has 6 nitrogen and oxygen atoms in total. The summed E-state index contributed by atoms with van der Waals surface area (Å²) in [4.78, 5) is 39.9. The normalized spacial score (nSPS) is 13.7. The van der Waals surface area contributed by atoms with Crippen molar-refractivity contribution in [1.82, 2.24) is 10.9 Å². The molecule has 0 atom stereocenters. The number of halogens is 1. The number of nitrogens with one attached hydrogen (secondary N) is 2. The summed E-state index contributed by atoms with van der Waals surface area (Å²) >= 11 is 7.60. The first-order chi connectivity index (χ1) is 12.9. The summed E-state index contributed by atoms with van der Waals surface area (Å²) in [5.74, 6) is -0.848. The van der Waals surface area contributed by atoms with Crippen molar-refractivity contribution in [3.63, 3.8) is 0 Å². The van der Waals surface area contributed by atoms with Crippen LogP contribution in [-0.4, -0.2) is 24.3 Å². The zero-order valence-corrected chi connectivity index (χ0v) is 16.7. The minimum atomic E-state index is -0.475. The van der Waals surface area contributed by atoms with Crippen molar-refractivity contribution >= 4 is 46.3 Å². The first-order valence-corrected chi connectivity index (χ1v) is 9.90. The summed E-state index contributed by atoms with van der Waals surface area (Å²) < 4.78 is 0. The quantitative estimate of drug-likeness (QED) is 0.764. The molecule has 0 spiro atoms. The number of hydrogen-bond acceptors (Lipinski definition) is 4. The van der Waals surface area contributed by atoms with E-state index in [0.29, 0.717) is 34.1 Å². The van der Waals surface area contributed by atoms with Crippen LogP contribution >= 0.6 is 22.9 Å². The summed E-state index contributed by atoms with van der Waals surface area (Å²) in [5.41, 5.74) is 6.74. The van der Waals surface area contributed by atoms with Crippen LogP contribution in [0.15, 0.2) is 24.3 Å². The van der Waals surface area contributed by atoms with E-state index in [0.717, 1.165) is 23.3 Å². The Kier molecular flexibility index (Phi) is 5.82. The Labute approximate surface area is 166 Å². The molecule has 1 aromatic heterocycles. The van der Waals surface area contributed by atoms with Crippen LogP contribution in [0.2, 0.25) is 5.02 Å². The van der Waals surface area contributed by atoms with Crippen LogP contribution in [0.5, 0.6) is 0 Å². The molecule has 1 aliphatic heterocycles. The van der Waals surface area contributed by atoms with Gasteiger partial charge in [-0.15, -0.1) is 11.3 Å². The van der Waals surface area contributed by atoms with E-state index in [1.54, 1.807) is 23.1 Å². The van der Waals surface area contributed by atoms with Crippen molar-refractivity contribution in [3.8, 4) is 0 Å². The molecular weight excluding hydrogens is 386 g/mol. The van der Waals surface area contributed by atoms with Crippen LogP contribution in [0.4, 0.5) is 5.69 Å². The summed E-state index contributed by atoms with van der Waals surface area (Å²) in [7, 11) is 0. The predicted octanol–water partition coefficient (Wildman–Crippen LogP) is 3.47. The van der Waals surface area contributed by atoms with Crippen LogP contribution in [-0.2, 0) is 11.2 Å². The second-order valence-electron chi connectivity index (χ2n) is 6.29. The monoisotopic (exact) mass is 405 g/mol. The molecule has 2 N–H and O–H groups in total. The first-order valence-electron chi connectivity index (χ1n) is 8.70. The highest BCUT2D eigenvalue weighted by Crippen LogP contribution is 2.30. The maximum absolute atomic E-state index is 12.4. The lowest BCUT2D eigenvalue weighted by molar-refractivity contribution is -0.117. The fourth-order valence-electron chi connectivity index (χ4n) is 2.99. The number of rotatable bonds is 4. The van der Waals surface area contributed by atoms with Crippen LogP contribution in [0, 0.1) is 6.92 Å². The Morgan fingerprint density at radius 1 is 1.22 bits per heavy atom. The average Bonchev–Trinajstić information content (AvgIpc) is 3.25. The van der Waals surface area contributed by atoms with E-state index >= 15 is 0 Å². The number of hydrogen-bond donors (Lipinski definition) is 2. The molecule has 0 unspecified atom stereocenters. The molecule has 3 rings (SSSR count). The largest absolute Gasteiger partial charge is 0.311 e. The number of benzene rings is 1. The Hall–Kier alpha value is -2.38. The number of thiophene rings is 1. The third kappa shape index (κ3) is 4.14. The van der Waals surface area contributed by atoms with Crippen LogP contribution in [0.1, 0.15) is 50.2 Å². The molecule has 8 heteroatoms. The Morgan fingerprint density at radius 2 is 1.96 bits per heavy atom. The van der Waals surface area contributed by atoms with E-state index < -0.39 is 5.91 Å². The highest BCUT2D eigenvalue weighted by molar-refractivity contribution is 7.14. The number of amides is 3. The molecule has 1 aromatic carbocycles. The van der Waals surface area contributed by atoms with Crippen LogP contribution in [0.3, 0.4) is 0 Å². The van der Waals surface area contributed by atoms with Crippen molar-refractivity contribution in [3.05, 3.63) is 50.2 Å². The van der Waals surface area contributed by atoms with Gasteiger partial charge < -0.3 is 4.90 Å². The molecule has 2 heterocycles. The van der Waals surface area contributed by atoms with E-state index in [1.165, 1.54) is 11.3 Å². The van der Waals surface area contributed by atoms with Gasteiger partial charge in [0.15, 0.2) is 0 Å². The molecule has 3 amide bonds. The van der Waals surface area contributed by atoms with E-state index in [2.05, 4.69) is 10.9 Å². The van der Waals surface area contributed by atoms with Crippen molar-refractivity contribution in [2.75, 3.05) is 11.4 Å². The Morgan fingerprint density at radius 3 is 2.59 bits per heavy atom. The van der Waals surface area contributed by atoms with Gasteiger partial charge in [-0.3, -0.25) is 25.2 Å². The highest BCUT2D eigenvalue weighted by atomic mass is 35.5. The molecule has 0 aliphatic carbocycles. The number of carbonyl (C=O) groups excluding carboxylic acids is 3. The number of hydrazine groups is 1. The lowest BCUT2D eigenvalue weighted by Crippen LogP contribution is -2.41. The van der Waals surface area contributed by atoms with Gasteiger partial charge in [0.05, 0.1) is 15.6 Å². The van der Waals surface area contributed by atoms with Gasteiger partial charge in [-0.25, -0.2) is 0 Å². The van der Waals surface area contributed by atoms with E-state index in [9.17, 15) is 14.4 Å². The lowest BCUT2D eigenvalue weighted by Gasteiger charge is -2.18. The van der Waals surface area contributed by atoms with Gasteiger partial charge in [0.1, 0.15) is 0 Å². The maximum atomic E-state index is 12.4. The number of nitrogens with zero attached hydrogens (tertiary/aromatic N) is 1. The molecule has 1 saturated heterocycles. The Bertz CT molecular complexity index is 910. The summed E-state index contributed by atoms with van der Waals surface area (Å²) in [6, 6.07) is 6.51. The van der Waals surface area contributed by atoms with Gasteiger partial charge in [-0.2, -0.15) is 0 Å². The highest BCUT2D eigenvalue weighted by Gasteiger charge is 2.24. The second-order valence-corrected chi connectivity index (χ2v) is 7.84. The van der Waals surface area contributed by atoms with E-state index in [4.69, 9.17) is 11.6 Å². The van der Waals surface area contributed by atoms with Gasteiger partial charge in [-0.1, -0.05) is 18.5 Å². The topological polar surface area (TPSA) is 78.5 Å². The molecule has 1 fully saturated rings. The lowest BCUT2D eigenvalue weighted by atomic mass is 10.2. The van der Waals surface area contributed by atoms with Crippen LogP contribution in [0.25, 0.3) is 0 Å². The van der Waals surface area contributed by atoms with Crippen molar-refractivity contribution < 1.29 is 14.4 Å². The molecule has 1 aliphatic rings. The maximum Gasteiger partial charge on any atom is 0.279 e. The fraction of sp³-hybridized carbons (Fsp3) is 0.316. The van der Waals surface area contributed by atoms with Gasteiger partial charge in [0.2, 0.25) is 5.91 Å². The number of aryl methyl sites for hydroxylation is 2. The number of carbonyl (C=O) groups is 3. The van der Waals surface area contributed by atoms with Crippen molar-refractivity contribution in [2.45, 2.75) is 33.1 Å². The van der Waals surface area contributed by atoms with Gasteiger partial charge in [-0.05, 0) is 49.6 Å². The second kappa shape index (κ2) is 8.10. The molecular formula is C19H20ClN3O3S. The van der Waals surface area contributed by atoms with Crippen molar-refractivity contribution in [2.24, 2.45) is 0 Å². The zero-order valence-electron chi connectivity index (χ0n) is 15.1. The van der Waals surface area contributed by atoms with Crippen molar-refractivity contribution in [1.29, 1.82) is 0 Å². The zero-order chi connectivity index (χ0) is 19.6. The smallest absolute Gasteiger partial charge is 0.279 e. The van der Waals surface area contributed by atoms with E-state index in [-0.39, 0.29) is 11.8 Å². The minimum Gasteiger partial charge on any atom is -0.311 e. The predicted molar refractivity (Wildman–Crippen MR) is 106 cm³/mol. The molecule has 27 heavy (non-hydrogen) atoms. The first kappa shape index (κ1) is 19.4. The Balaban J connectivity index is 1.69. The summed E-state index contributed by atoms with van der Waals surface area (Å²) in [6.45, 7) is 4.57. The number of anilines is 1. The van der Waals surface area contributed by atoms with Gasteiger partial charge >= 0.3 is 0 Å². The summed E-state index contributed by atoms with van der Waals surface area (Å²) in [6.07, 6.45) is 2.10. The third-order valence-corrected chi connectivity index (χ3v) is 6.13. The standard InChI is InChI=1S/C19H20ClN3O3S/c1-3-15-11(2)9-16(27-15)19(26)22-21-18(25)12-6-7-13(20)14(10-12)23-8-4-5-17(23)24/h6-7,9-10H,3-5,8H2,1-2H3,(H,21,25)(H,22,26). The van der Waals surface area contributed by atoms with E-state index in [1.807, 2.05) is 19.9 Å². The third-order valence-electron chi connectivity index (χ3n) is 4.43.